The van der Waals surface area contributed by atoms with Crippen LogP contribution in [0.1, 0.15) is 42.9 Å². The molecule has 3 heterocycles. The summed E-state index contributed by atoms with van der Waals surface area (Å²) in [5, 5.41) is 2.79. The van der Waals surface area contributed by atoms with Crippen molar-refractivity contribution < 1.29 is 14.3 Å². The second-order valence-electron chi connectivity index (χ2n) is 9.23. The number of pyridine rings is 1. The Labute approximate surface area is 194 Å². The number of ether oxygens (including phenoxy) is 1. The molecular weight excluding hydrogens is 414 g/mol. The molecule has 1 saturated heterocycles. The molecule has 1 aromatic carbocycles. The van der Waals surface area contributed by atoms with Gasteiger partial charge in [-0.15, -0.1) is 0 Å². The molecule has 2 amide bonds. The number of fused-ring (bicyclic) bond motifs is 2. The highest BCUT2D eigenvalue weighted by Crippen LogP contribution is 2.52. The SMILES string of the molecule is CCC12C=C(c3ccccc3OC)CC1CN(C(=O)/C=C/c1cnc3c(c1)CCC(=O)N3)C2. The van der Waals surface area contributed by atoms with E-state index in [4.69, 9.17) is 4.74 Å². The van der Waals surface area contributed by atoms with Crippen molar-refractivity contribution in [3.05, 3.63) is 65.4 Å². The Morgan fingerprint density at radius 3 is 2.97 bits per heavy atom. The third kappa shape index (κ3) is 3.94. The number of amides is 2. The number of nitrogens with one attached hydrogen (secondary N) is 1. The Morgan fingerprint density at radius 2 is 2.18 bits per heavy atom. The summed E-state index contributed by atoms with van der Waals surface area (Å²) >= 11 is 0. The summed E-state index contributed by atoms with van der Waals surface area (Å²) in [4.78, 5) is 30.8. The number of likely N-dealkylation sites (tertiary alicyclic amines) is 1. The first-order valence-corrected chi connectivity index (χ1v) is 11.6. The highest BCUT2D eigenvalue weighted by Gasteiger charge is 2.48. The van der Waals surface area contributed by atoms with Gasteiger partial charge in [0, 0.05) is 42.8 Å². The van der Waals surface area contributed by atoms with Gasteiger partial charge in [0.1, 0.15) is 11.6 Å². The lowest BCUT2D eigenvalue weighted by molar-refractivity contribution is -0.125. The molecule has 33 heavy (non-hydrogen) atoms. The van der Waals surface area contributed by atoms with Gasteiger partial charge in [-0.1, -0.05) is 31.2 Å². The molecule has 0 bridgehead atoms. The normalized spacial score (nSPS) is 23.8. The highest BCUT2D eigenvalue weighted by atomic mass is 16.5. The number of nitrogens with zero attached hydrogens (tertiary/aromatic N) is 2. The fourth-order valence-electron chi connectivity index (χ4n) is 5.51. The Bertz CT molecular complexity index is 1170. The number of aromatic nitrogens is 1. The average Bonchev–Trinajstić information content (AvgIpc) is 3.37. The van der Waals surface area contributed by atoms with Gasteiger partial charge in [0.15, 0.2) is 0 Å². The van der Waals surface area contributed by atoms with Gasteiger partial charge in [0.2, 0.25) is 11.8 Å². The third-order valence-electron chi connectivity index (χ3n) is 7.38. The summed E-state index contributed by atoms with van der Waals surface area (Å²) in [5.41, 5.74) is 4.40. The van der Waals surface area contributed by atoms with Crippen LogP contribution in [-0.4, -0.2) is 41.9 Å². The van der Waals surface area contributed by atoms with Crippen LogP contribution < -0.4 is 10.1 Å². The molecule has 1 N–H and O–H groups in total. The van der Waals surface area contributed by atoms with Crippen molar-refractivity contribution in [2.75, 3.05) is 25.5 Å². The van der Waals surface area contributed by atoms with Crippen molar-refractivity contribution >= 4 is 29.3 Å². The zero-order chi connectivity index (χ0) is 23.0. The van der Waals surface area contributed by atoms with E-state index in [0.29, 0.717) is 24.6 Å². The van der Waals surface area contributed by atoms with Crippen molar-refractivity contribution in [3.63, 3.8) is 0 Å². The number of carbonyl (C=O) groups is 2. The van der Waals surface area contributed by atoms with Crippen LogP contribution in [0.3, 0.4) is 0 Å². The summed E-state index contributed by atoms with van der Waals surface area (Å²) in [5.74, 6) is 2.00. The van der Waals surface area contributed by atoms with E-state index in [-0.39, 0.29) is 17.2 Å². The first kappa shape index (κ1) is 21.4. The van der Waals surface area contributed by atoms with E-state index in [9.17, 15) is 9.59 Å². The molecule has 6 heteroatoms. The van der Waals surface area contributed by atoms with Crippen molar-refractivity contribution in [1.82, 2.24) is 9.88 Å². The number of aryl methyl sites for hydroxylation is 1. The number of para-hydroxylation sites is 1. The van der Waals surface area contributed by atoms with E-state index in [1.807, 2.05) is 29.2 Å². The molecule has 1 fully saturated rings. The first-order valence-electron chi connectivity index (χ1n) is 11.6. The van der Waals surface area contributed by atoms with Crippen LogP contribution in [0, 0.1) is 11.3 Å². The molecule has 2 unspecified atom stereocenters. The zero-order valence-electron chi connectivity index (χ0n) is 19.1. The Kier molecular flexibility index (Phi) is 5.52. The number of methoxy groups -OCH3 is 1. The number of allylic oxidation sites excluding steroid dienone is 1. The van der Waals surface area contributed by atoms with Crippen LogP contribution in [0.4, 0.5) is 5.82 Å². The number of rotatable bonds is 5. The molecule has 0 radical (unpaired) electrons. The number of carbonyl (C=O) groups excluding carboxylic acids is 2. The maximum atomic E-state index is 13.0. The molecular formula is C27H29N3O3. The van der Waals surface area contributed by atoms with Gasteiger partial charge in [-0.3, -0.25) is 9.59 Å². The number of hydrogen-bond donors (Lipinski definition) is 1. The predicted molar refractivity (Wildman–Crippen MR) is 129 cm³/mol. The van der Waals surface area contributed by atoms with Gasteiger partial charge in [-0.25, -0.2) is 4.98 Å². The molecule has 1 aromatic heterocycles. The van der Waals surface area contributed by atoms with E-state index >= 15 is 0 Å². The molecule has 2 aliphatic heterocycles. The van der Waals surface area contributed by atoms with E-state index in [1.165, 1.54) is 5.57 Å². The summed E-state index contributed by atoms with van der Waals surface area (Å²) in [6.07, 6.45) is 10.7. The van der Waals surface area contributed by atoms with Gasteiger partial charge in [0.05, 0.1) is 7.11 Å². The molecule has 6 nitrogen and oxygen atoms in total. The minimum atomic E-state index is 0.000760. The summed E-state index contributed by atoms with van der Waals surface area (Å²) < 4.78 is 5.58. The first-order chi connectivity index (χ1) is 16.0. The fourth-order valence-corrected chi connectivity index (χ4v) is 5.51. The number of benzene rings is 1. The molecule has 170 valence electrons. The quantitative estimate of drug-likeness (QED) is 0.699. The molecule has 2 aromatic rings. The Balaban J connectivity index is 1.30. The maximum Gasteiger partial charge on any atom is 0.246 e. The molecule has 2 atom stereocenters. The average molecular weight is 444 g/mol. The van der Waals surface area contributed by atoms with Crippen LogP contribution in [0.25, 0.3) is 11.6 Å². The van der Waals surface area contributed by atoms with Crippen molar-refractivity contribution in [3.8, 4) is 5.75 Å². The standard InChI is InChI=1S/C27H29N3O3/c1-3-27-14-20(22-6-4-5-7-23(22)33-2)13-21(27)16-30(17-27)25(32)11-8-18-12-19-9-10-24(31)29-26(19)28-15-18/h4-8,11-12,14-15,21H,3,9-10,13,16-17H2,1-2H3,(H,28,29,31)/b11-8+. The van der Waals surface area contributed by atoms with Crippen molar-refractivity contribution in [1.29, 1.82) is 0 Å². The van der Waals surface area contributed by atoms with E-state index in [2.05, 4.69) is 35.4 Å². The summed E-state index contributed by atoms with van der Waals surface area (Å²) in [6.45, 7) is 3.72. The van der Waals surface area contributed by atoms with Crippen LogP contribution in [0.2, 0.25) is 0 Å². The molecule has 3 aliphatic rings. The molecule has 0 spiro atoms. The maximum absolute atomic E-state index is 13.0. The van der Waals surface area contributed by atoms with Gasteiger partial charge in [-0.05, 0) is 60.1 Å². The summed E-state index contributed by atoms with van der Waals surface area (Å²) in [7, 11) is 1.71. The van der Waals surface area contributed by atoms with Gasteiger partial charge in [0.25, 0.3) is 0 Å². The van der Waals surface area contributed by atoms with Gasteiger partial charge < -0.3 is 15.0 Å². The largest absolute Gasteiger partial charge is 0.496 e. The second-order valence-corrected chi connectivity index (χ2v) is 9.23. The topological polar surface area (TPSA) is 71.5 Å². The number of anilines is 1. The minimum absolute atomic E-state index is 0.000760. The Hall–Kier alpha value is -3.41. The monoisotopic (exact) mass is 443 g/mol. The molecule has 5 rings (SSSR count). The van der Waals surface area contributed by atoms with Gasteiger partial charge >= 0.3 is 0 Å². The van der Waals surface area contributed by atoms with Gasteiger partial charge in [-0.2, -0.15) is 0 Å². The zero-order valence-corrected chi connectivity index (χ0v) is 19.1. The third-order valence-corrected chi connectivity index (χ3v) is 7.38. The van der Waals surface area contributed by atoms with Crippen LogP contribution >= 0.6 is 0 Å². The summed E-state index contributed by atoms with van der Waals surface area (Å²) in [6, 6.07) is 10.2. The molecule has 1 aliphatic carbocycles. The van der Waals surface area contributed by atoms with Crippen molar-refractivity contribution in [2.45, 2.75) is 32.6 Å². The van der Waals surface area contributed by atoms with E-state index < -0.39 is 0 Å². The number of hydrogen-bond acceptors (Lipinski definition) is 4. The van der Waals surface area contributed by atoms with E-state index in [1.54, 1.807) is 19.4 Å². The molecule has 0 saturated carbocycles. The predicted octanol–water partition coefficient (Wildman–Crippen LogP) is 4.33. The second kappa shape index (κ2) is 8.50. The Morgan fingerprint density at radius 1 is 1.33 bits per heavy atom. The van der Waals surface area contributed by atoms with Crippen molar-refractivity contribution in [2.24, 2.45) is 11.3 Å². The highest BCUT2D eigenvalue weighted by molar-refractivity contribution is 5.94. The van der Waals surface area contributed by atoms with E-state index in [0.717, 1.165) is 48.4 Å². The lowest BCUT2D eigenvalue weighted by Gasteiger charge is -2.25. The van der Waals surface area contributed by atoms with Crippen LogP contribution in [0.15, 0.2) is 48.7 Å². The lowest BCUT2D eigenvalue weighted by Crippen LogP contribution is -2.30. The smallest absolute Gasteiger partial charge is 0.246 e. The fraction of sp³-hybridized carbons (Fsp3) is 0.370. The van der Waals surface area contributed by atoms with Crippen LogP contribution in [-0.2, 0) is 16.0 Å². The van der Waals surface area contributed by atoms with Crippen LogP contribution in [0.5, 0.6) is 5.75 Å². The lowest BCUT2D eigenvalue weighted by atomic mass is 9.79. The minimum Gasteiger partial charge on any atom is -0.496 e.